The number of rotatable bonds is 5. The summed E-state index contributed by atoms with van der Waals surface area (Å²) in [5, 5.41) is 11.1. The fraction of sp³-hybridized carbons (Fsp3) is 0.300. The van der Waals surface area contributed by atoms with Crippen LogP contribution in [-0.2, 0) is 6.54 Å². The van der Waals surface area contributed by atoms with Crippen LogP contribution in [0, 0.1) is 11.3 Å². The molecular formula is C20H18N4OS2. The SMILES string of the molecule is CSc1nc(C2CC2)cc(C(=O)N(C)Cc2nc3ccccc3s2)c1C#N. The number of thiazole rings is 1. The Kier molecular flexibility index (Phi) is 4.85. The van der Waals surface area contributed by atoms with Gasteiger partial charge < -0.3 is 4.90 Å². The normalized spacial score (nSPS) is 13.5. The molecule has 0 aliphatic heterocycles. The number of nitrogens with zero attached hydrogens (tertiary/aromatic N) is 4. The number of carbonyl (C=O) groups excluding carboxylic acids is 1. The van der Waals surface area contributed by atoms with E-state index in [9.17, 15) is 10.1 Å². The summed E-state index contributed by atoms with van der Waals surface area (Å²) < 4.78 is 1.11. The van der Waals surface area contributed by atoms with Crippen molar-refractivity contribution in [3.05, 3.63) is 52.2 Å². The predicted molar refractivity (Wildman–Crippen MR) is 108 cm³/mol. The summed E-state index contributed by atoms with van der Waals surface area (Å²) in [6.07, 6.45) is 4.09. The zero-order valence-corrected chi connectivity index (χ0v) is 16.7. The van der Waals surface area contributed by atoms with Crippen LogP contribution >= 0.6 is 23.1 Å². The maximum Gasteiger partial charge on any atom is 0.255 e. The lowest BCUT2D eigenvalue weighted by atomic mass is 10.1. The minimum atomic E-state index is -0.162. The molecule has 27 heavy (non-hydrogen) atoms. The molecule has 1 aliphatic carbocycles. The van der Waals surface area contributed by atoms with E-state index < -0.39 is 0 Å². The Hall–Kier alpha value is -2.43. The van der Waals surface area contributed by atoms with Gasteiger partial charge in [-0.1, -0.05) is 12.1 Å². The van der Waals surface area contributed by atoms with Crippen LogP contribution < -0.4 is 0 Å². The van der Waals surface area contributed by atoms with Crippen molar-refractivity contribution in [3.8, 4) is 6.07 Å². The number of amides is 1. The van der Waals surface area contributed by atoms with Crippen molar-refractivity contribution >= 4 is 39.2 Å². The molecule has 1 aromatic carbocycles. The summed E-state index contributed by atoms with van der Waals surface area (Å²) in [6.45, 7) is 0.415. The zero-order valence-electron chi connectivity index (χ0n) is 15.1. The molecule has 1 saturated carbocycles. The van der Waals surface area contributed by atoms with Gasteiger partial charge in [-0.3, -0.25) is 4.79 Å². The second-order valence-corrected chi connectivity index (χ2v) is 8.51. The number of thioether (sulfide) groups is 1. The molecule has 1 fully saturated rings. The van der Waals surface area contributed by atoms with Crippen molar-refractivity contribution < 1.29 is 4.79 Å². The molecule has 7 heteroatoms. The molecule has 136 valence electrons. The number of nitriles is 1. The zero-order chi connectivity index (χ0) is 19.0. The lowest BCUT2D eigenvalue weighted by Gasteiger charge is -2.18. The van der Waals surface area contributed by atoms with Gasteiger partial charge in [-0.25, -0.2) is 9.97 Å². The van der Waals surface area contributed by atoms with Gasteiger partial charge in [0.15, 0.2) is 0 Å². The van der Waals surface area contributed by atoms with Gasteiger partial charge in [0.05, 0.1) is 27.9 Å². The highest BCUT2D eigenvalue weighted by atomic mass is 32.2. The Bertz CT molecular complexity index is 1030. The molecule has 3 aromatic rings. The van der Waals surface area contributed by atoms with E-state index in [-0.39, 0.29) is 5.91 Å². The summed E-state index contributed by atoms with van der Waals surface area (Å²) >= 11 is 3.00. The van der Waals surface area contributed by atoms with Crippen LogP contribution in [-0.4, -0.2) is 34.1 Å². The first-order valence-electron chi connectivity index (χ1n) is 8.69. The first kappa shape index (κ1) is 18.0. The molecule has 2 aromatic heterocycles. The highest BCUT2D eigenvalue weighted by Gasteiger charge is 2.29. The Labute approximate surface area is 166 Å². The van der Waals surface area contributed by atoms with Crippen molar-refractivity contribution in [2.75, 3.05) is 13.3 Å². The number of benzene rings is 1. The van der Waals surface area contributed by atoms with Crippen LogP contribution in [0.15, 0.2) is 35.4 Å². The smallest absolute Gasteiger partial charge is 0.255 e. The molecule has 0 unspecified atom stereocenters. The summed E-state index contributed by atoms with van der Waals surface area (Å²) in [5.41, 5.74) is 2.69. The molecule has 2 heterocycles. The van der Waals surface area contributed by atoms with E-state index in [0.717, 1.165) is 33.8 Å². The number of carbonyl (C=O) groups is 1. The Morgan fingerprint density at radius 2 is 2.15 bits per heavy atom. The monoisotopic (exact) mass is 394 g/mol. The largest absolute Gasteiger partial charge is 0.335 e. The molecule has 1 aliphatic rings. The predicted octanol–water partition coefficient (Wildman–Crippen LogP) is 4.43. The molecular weight excluding hydrogens is 376 g/mol. The molecule has 0 bridgehead atoms. The van der Waals surface area contributed by atoms with Crippen molar-refractivity contribution in [3.63, 3.8) is 0 Å². The number of para-hydroxylation sites is 1. The van der Waals surface area contributed by atoms with E-state index in [1.807, 2.05) is 36.6 Å². The number of pyridine rings is 1. The highest BCUT2D eigenvalue weighted by molar-refractivity contribution is 7.98. The van der Waals surface area contributed by atoms with Crippen LogP contribution in [0.4, 0.5) is 0 Å². The van der Waals surface area contributed by atoms with Gasteiger partial charge in [-0.05, 0) is 37.3 Å². The number of fused-ring (bicyclic) bond motifs is 1. The van der Waals surface area contributed by atoms with E-state index in [2.05, 4.69) is 16.0 Å². The molecule has 0 spiro atoms. The quantitative estimate of drug-likeness (QED) is 0.599. The van der Waals surface area contributed by atoms with Crippen LogP contribution in [0.1, 0.15) is 45.4 Å². The average Bonchev–Trinajstić information content (AvgIpc) is 3.46. The number of hydrogen-bond acceptors (Lipinski definition) is 6. The van der Waals surface area contributed by atoms with Crippen LogP contribution in [0.2, 0.25) is 0 Å². The fourth-order valence-electron chi connectivity index (χ4n) is 3.02. The third-order valence-electron chi connectivity index (χ3n) is 4.59. The maximum atomic E-state index is 13.1. The van der Waals surface area contributed by atoms with Gasteiger partial charge in [0.25, 0.3) is 5.91 Å². The minimum Gasteiger partial charge on any atom is -0.335 e. The van der Waals surface area contributed by atoms with Crippen LogP contribution in [0.25, 0.3) is 10.2 Å². The van der Waals surface area contributed by atoms with Crippen LogP contribution in [0.3, 0.4) is 0 Å². The molecule has 0 atom stereocenters. The second-order valence-electron chi connectivity index (χ2n) is 6.60. The molecule has 4 rings (SSSR count). The molecule has 0 N–H and O–H groups in total. The summed E-state index contributed by atoms with van der Waals surface area (Å²) in [7, 11) is 1.76. The summed E-state index contributed by atoms with van der Waals surface area (Å²) in [5.74, 6) is 0.259. The Morgan fingerprint density at radius 1 is 1.37 bits per heavy atom. The van der Waals surface area contributed by atoms with E-state index in [0.29, 0.717) is 28.6 Å². The van der Waals surface area contributed by atoms with Gasteiger partial charge in [0.2, 0.25) is 0 Å². The number of hydrogen-bond donors (Lipinski definition) is 0. The van der Waals surface area contributed by atoms with Crippen LogP contribution in [0.5, 0.6) is 0 Å². The molecule has 0 radical (unpaired) electrons. The third kappa shape index (κ3) is 3.55. The van der Waals surface area contributed by atoms with Crippen molar-refractivity contribution in [2.24, 2.45) is 0 Å². The Balaban J connectivity index is 1.64. The topological polar surface area (TPSA) is 69.9 Å². The van der Waals surface area contributed by atoms with Crippen molar-refractivity contribution in [2.45, 2.75) is 30.3 Å². The molecule has 0 saturated heterocycles. The third-order valence-corrected chi connectivity index (χ3v) is 6.30. The second kappa shape index (κ2) is 7.29. The highest BCUT2D eigenvalue weighted by Crippen LogP contribution is 2.40. The van der Waals surface area contributed by atoms with Crippen molar-refractivity contribution in [1.29, 1.82) is 5.26 Å². The number of aromatic nitrogens is 2. The first-order chi connectivity index (χ1) is 13.1. The summed E-state index contributed by atoms with van der Waals surface area (Å²) in [4.78, 5) is 24.0. The van der Waals surface area contributed by atoms with Gasteiger partial charge in [-0.2, -0.15) is 5.26 Å². The Morgan fingerprint density at radius 3 is 2.81 bits per heavy atom. The summed E-state index contributed by atoms with van der Waals surface area (Å²) in [6, 6.07) is 11.9. The lowest BCUT2D eigenvalue weighted by molar-refractivity contribution is 0.0784. The van der Waals surface area contributed by atoms with E-state index in [4.69, 9.17) is 0 Å². The van der Waals surface area contributed by atoms with Gasteiger partial charge in [-0.15, -0.1) is 23.1 Å². The fourth-order valence-corrected chi connectivity index (χ4v) is 4.60. The molecule has 1 amide bonds. The van der Waals surface area contributed by atoms with Crippen molar-refractivity contribution in [1.82, 2.24) is 14.9 Å². The van der Waals surface area contributed by atoms with Gasteiger partial charge in [0.1, 0.15) is 16.1 Å². The standard InChI is InChI=1S/C20H18N4OS2/c1-24(11-18-22-15-5-3-4-6-17(15)27-18)20(25)13-9-16(12-7-8-12)23-19(26-2)14(13)10-21/h3-6,9,12H,7-8,11H2,1-2H3. The first-order valence-corrected chi connectivity index (χ1v) is 10.7. The van der Waals surface area contributed by atoms with E-state index in [1.54, 1.807) is 23.3 Å². The minimum absolute atomic E-state index is 0.162. The van der Waals surface area contributed by atoms with Gasteiger partial charge in [0, 0.05) is 18.7 Å². The van der Waals surface area contributed by atoms with E-state index in [1.165, 1.54) is 11.8 Å². The van der Waals surface area contributed by atoms with E-state index >= 15 is 0 Å². The van der Waals surface area contributed by atoms with Gasteiger partial charge >= 0.3 is 0 Å². The lowest BCUT2D eigenvalue weighted by Crippen LogP contribution is -2.27. The maximum absolute atomic E-state index is 13.1. The average molecular weight is 395 g/mol. The molecule has 5 nitrogen and oxygen atoms in total.